The highest BCUT2D eigenvalue weighted by Gasteiger charge is 2.16. The van der Waals surface area contributed by atoms with E-state index in [1.807, 2.05) is 12.1 Å². The second-order valence-electron chi connectivity index (χ2n) is 4.71. The molecule has 0 radical (unpaired) electrons. The van der Waals surface area contributed by atoms with Crippen molar-refractivity contribution in [3.8, 4) is 6.07 Å². The second-order valence-corrected chi connectivity index (χ2v) is 5.12. The lowest BCUT2D eigenvalue weighted by atomic mass is 9.99. The van der Waals surface area contributed by atoms with Gasteiger partial charge >= 0.3 is 0 Å². The fourth-order valence-electron chi connectivity index (χ4n) is 2.25. The third kappa shape index (κ3) is 3.16. The summed E-state index contributed by atoms with van der Waals surface area (Å²) in [7, 11) is 2.06. The zero-order chi connectivity index (χ0) is 13.0. The lowest BCUT2D eigenvalue weighted by Gasteiger charge is -2.28. The van der Waals surface area contributed by atoms with Crippen molar-refractivity contribution in [2.24, 2.45) is 5.92 Å². The number of hydrogen-bond acceptors (Lipinski definition) is 3. The highest BCUT2D eigenvalue weighted by molar-refractivity contribution is 6.32. The fourth-order valence-corrected chi connectivity index (χ4v) is 2.47. The molecule has 2 rings (SSSR count). The number of hydrogen-bond donors (Lipinski definition) is 0. The SMILES string of the molecule is CN(CC1CCOCC1)c1ccc(C#N)c(Cl)c1. The van der Waals surface area contributed by atoms with E-state index < -0.39 is 0 Å². The van der Waals surface area contributed by atoms with E-state index in [0.29, 0.717) is 16.5 Å². The molecule has 1 heterocycles. The normalized spacial score (nSPS) is 16.3. The number of anilines is 1. The van der Waals surface area contributed by atoms with Crippen molar-refractivity contribution in [3.63, 3.8) is 0 Å². The Bertz CT molecular complexity index is 450. The third-order valence-corrected chi connectivity index (χ3v) is 3.70. The summed E-state index contributed by atoms with van der Waals surface area (Å²) in [5, 5.41) is 9.37. The van der Waals surface area contributed by atoms with Crippen molar-refractivity contribution in [1.29, 1.82) is 5.26 Å². The van der Waals surface area contributed by atoms with E-state index in [4.69, 9.17) is 21.6 Å². The zero-order valence-electron chi connectivity index (χ0n) is 10.5. The lowest BCUT2D eigenvalue weighted by Crippen LogP contribution is -2.29. The van der Waals surface area contributed by atoms with E-state index in [0.717, 1.165) is 38.3 Å². The van der Waals surface area contributed by atoms with Crippen LogP contribution in [0.2, 0.25) is 5.02 Å². The van der Waals surface area contributed by atoms with Gasteiger partial charge in [-0.05, 0) is 37.0 Å². The molecule has 1 aliphatic heterocycles. The van der Waals surface area contributed by atoms with Gasteiger partial charge in [-0.1, -0.05) is 11.6 Å². The molecule has 0 amide bonds. The Balaban J connectivity index is 2.02. The van der Waals surface area contributed by atoms with E-state index in [-0.39, 0.29) is 0 Å². The second kappa shape index (κ2) is 6.08. The Kier molecular flexibility index (Phi) is 4.46. The van der Waals surface area contributed by atoms with Crippen LogP contribution in [0, 0.1) is 17.2 Å². The van der Waals surface area contributed by atoms with Crippen LogP contribution in [0.25, 0.3) is 0 Å². The maximum Gasteiger partial charge on any atom is 0.101 e. The summed E-state index contributed by atoms with van der Waals surface area (Å²) < 4.78 is 5.36. The predicted octanol–water partition coefficient (Wildman–Crippen LogP) is 3.07. The predicted molar refractivity (Wildman–Crippen MR) is 73.0 cm³/mol. The number of rotatable bonds is 3. The first-order valence-electron chi connectivity index (χ1n) is 6.19. The van der Waals surface area contributed by atoms with Crippen LogP contribution in [0.5, 0.6) is 0 Å². The van der Waals surface area contributed by atoms with Gasteiger partial charge in [-0.25, -0.2) is 0 Å². The summed E-state index contributed by atoms with van der Waals surface area (Å²) in [6.45, 7) is 2.74. The van der Waals surface area contributed by atoms with Gasteiger partial charge in [0, 0.05) is 32.5 Å². The van der Waals surface area contributed by atoms with Gasteiger partial charge in [0.25, 0.3) is 0 Å². The summed E-state index contributed by atoms with van der Waals surface area (Å²) in [6, 6.07) is 7.66. The molecule has 1 fully saturated rings. The number of benzene rings is 1. The Morgan fingerprint density at radius 2 is 2.17 bits per heavy atom. The molecule has 0 spiro atoms. The first kappa shape index (κ1) is 13.2. The highest BCUT2D eigenvalue weighted by Crippen LogP contribution is 2.24. The van der Waals surface area contributed by atoms with Gasteiger partial charge in [-0.3, -0.25) is 0 Å². The van der Waals surface area contributed by atoms with Crippen molar-refractivity contribution < 1.29 is 4.74 Å². The van der Waals surface area contributed by atoms with Gasteiger partial charge < -0.3 is 9.64 Å². The molecule has 3 nitrogen and oxygen atoms in total. The van der Waals surface area contributed by atoms with Crippen molar-refractivity contribution in [3.05, 3.63) is 28.8 Å². The van der Waals surface area contributed by atoms with Gasteiger partial charge in [-0.15, -0.1) is 0 Å². The fraction of sp³-hybridized carbons (Fsp3) is 0.500. The minimum absolute atomic E-state index is 0.522. The molecule has 0 saturated carbocycles. The number of ether oxygens (including phenoxy) is 1. The average molecular weight is 265 g/mol. The molecule has 0 atom stereocenters. The summed E-state index contributed by atoms with van der Waals surface area (Å²) in [4.78, 5) is 2.20. The van der Waals surface area contributed by atoms with Crippen LogP contribution < -0.4 is 4.90 Å². The third-order valence-electron chi connectivity index (χ3n) is 3.39. The Morgan fingerprint density at radius 3 is 2.78 bits per heavy atom. The van der Waals surface area contributed by atoms with Crippen LogP contribution in [0.3, 0.4) is 0 Å². The molecular formula is C14H17ClN2O. The summed E-state index contributed by atoms with van der Waals surface area (Å²) in [5.41, 5.74) is 1.59. The molecule has 0 bridgehead atoms. The largest absolute Gasteiger partial charge is 0.381 e. The number of halogens is 1. The van der Waals surface area contributed by atoms with Crippen LogP contribution in [-0.4, -0.2) is 26.8 Å². The van der Waals surface area contributed by atoms with Gasteiger partial charge in [0.15, 0.2) is 0 Å². The molecule has 0 unspecified atom stereocenters. The van der Waals surface area contributed by atoms with E-state index in [1.54, 1.807) is 6.07 Å². The minimum Gasteiger partial charge on any atom is -0.381 e. The molecule has 1 aromatic carbocycles. The molecule has 1 saturated heterocycles. The van der Waals surface area contributed by atoms with Crippen LogP contribution >= 0.6 is 11.6 Å². The van der Waals surface area contributed by atoms with Crippen LogP contribution in [-0.2, 0) is 4.74 Å². The number of nitriles is 1. The van der Waals surface area contributed by atoms with E-state index in [1.165, 1.54) is 0 Å². The standard InChI is InChI=1S/C14H17ClN2O/c1-17(10-11-4-6-18-7-5-11)13-3-2-12(9-16)14(15)8-13/h2-3,8,11H,4-7,10H2,1H3. The molecule has 1 aromatic rings. The van der Waals surface area contributed by atoms with Gasteiger partial charge in [0.2, 0.25) is 0 Å². The Morgan fingerprint density at radius 1 is 1.44 bits per heavy atom. The van der Waals surface area contributed by atoms with Crippen molar-refractivity contribution >= 4 is 17.3 Å². The summed E-state index contributed by atoms with van der Waals surface area (Å²) >= 11 is 6.05. The quantitative estimate of drug-likeness (QED) is 0.842. The van der Waals surface area contributed by atoms with Gasteiger partial charge in [0.05, 0.1) is 10.6 Å². The first-order chi connectivity index (χ1) is 8.70. The molecule has 0 aromatic heterocycles. The maximum absolute atomic E-state index is 8.85. The summed E-state index contributed by atoms with van der Waals surface area (Å²) in [5.74, 6) is 0.679. The van der Waals surface area contributed by atoms with Gasteiger partial charge in [-0.2, -0.15) is 5.26 Å². The average Bonchev–Trinajstić information content (AvgIpc) is 2.39. The van der Waals surface area contributed by atoms with Crippen LogP contribution in [0.15, 0.2) is 18.2 Å². The minimum atomic E-state index is 0.522. The van der Waals surface area contributed by atoms with Crippen LogP contribution in [0.1, 0.15) is 18.4 Å². The lowest BCUT2D eigenvalue weighted by molar-refractivity contribution is 0.0685. The Labute approximate surface area is 113 Å². The molecular weight excluding hydrogens is 248 g/mol. The van der Waals surface area contributed by atoms with Crippen LogP contribution in [0.4, 0.5) is 5.69 Å². The van der Waals surface area contributed by atoms with Crippen molar-refractivity contribution in [2.75, 3.05) is 31.7 Å². The smallest absolute Gasteiger partial charge is 0.101 e. The van der Waals surface area contributed by atoms with E-state index >= 15 is 0 Å². The maximum atomic E-state index is 8.85. The summed E-state index contributed by atoms with van der Waals surface area (Å²) in [6.07, 6.45) is 2.24. The zero-order valence-corrected chi connectivity index (χ0v) is 11.3. The number of nitrogens with zero attached hydrogens (tertiary/aromatic N) is 2. The molecule has 0 N–H and O–H groups in total. The molecule has 1 aliphatic rings. The monoisotopic (exact) mass is 264 g/mol. The van der Waals surface area contributed by atoms with E-state index in [9.17, 15) is 0 Å². The molecule has 18 heavy (non-hydrogen) atoms. The molecule has 4 heteroatoms. The molecule has 0 aliphatic carbocycles. The van der Waals surface area contributed by atoms with Crippen molar-refractivity contribution in [1.82, 2.24) is 0 Å². The van der Waals surface area contributed by atoms with Gasteiger partial charge in [0.1, 0.15) is 6.07 Å². The van der Waals surface area contributed by atoms with Crippen molar-refractivity contribution in [2.45, 2.75) is 12.8 Å². The molecule has 96 valence electrons. The highest BCUT2D eigenvalue weighted by atomic mass is 35.5. The Hall–Kier alpha value is -1.24. The first-order valence-corrected chi connectivity index (χ1v) is 6.57. The topological polar surface area (TPSA) is 36.3 Å². The van der Waals surface area contributed by atoms with E-state index in [2.05, 4.69) is 18.0 Å².